The van der Waals surface area contributed by atoms with Crippen LogP contribution in [0, 0.1) is 11.8 Å². The minimum atomic E-state index is 0.884. The molecular weight excluding hydrogens is 264 g/mol. The Morgan fingerprint density at radius 3 is 1.27 bits per heavy atom. The highest BCUT2D eigenvalue weighted by atomic mass is 14.1. The van der Waals surface area contributed by atoms with E-state index in [-0.39, 0.29) is 0 Å². The Hall–Kier alpha value is -0.780. The molecular formula is C22H40. The highest BCUT2D eigenvalue weighted by Crippen LogP contribution is 2.16. The van der Waals surface area contributed by atoms with E-state index in [1.165, 1.54) is 62.5 Å². The standard InChI is InChI=1S/C20H34.C2H6/c1-5-17(3)9-7-11-19-13-15-20(16-14-19)12-8-10-18(4)6-2;1-2/h13-18H,5-12H2,1-4H3;1-2H3. The summed E-state index contributed by atoms with van der Waals surface area (Å²) >= 11 is 0. The number of rotatable bonds is 10. The lowest BCUT2D eigenvalue weighted by atomic mass is 9.97. The van der Waals surface area contributed by atoms with E-state index >= 15 is 0 Å². The predicted molar refractivity (Wildman–Crippen MR) is 103 cm³/mol. The highest BCUT2D eigenvalue weighted by molar-refractivity contribution is 5.22. The lowest BCUT2D eigenvalue weighted by Gasteiger charge is -2.09. The SMILES string of the molecule is CC.CCC(C)CCCc1ccc(CCCC(C)CC)cc1. The fourth-order valence-corrected chi connectivity index (χ4v) is 2.59. The van der Waals surface area contributed by atoms with E-state index in [1.807, 2.05) is 13.8 Å². The van der Waals surface area contributed by atoms with Crippen molar-refractivity contribution in [1.82, 2.24) is 0 Å². The summed E-state index contributed by atoms with van der Waals surface area (Å²) in [4.78, 5) is 0. The van der Waals surface area contributed by atoms with Gasteiger partial charge in [-0.25, -0.2) is 0 Å². The Balaban J connectivity index is 0.00000211. The molecule has 0 aliphatic heterocycles. The van der Waals surface area contributed by atoms with Gasteiger partial charge in [-0.1, -0.05) is 91.5 Å². The predicted octanol–water partition coefficient (Wildman–Crippen LogP) is 7.45. The van der Waals surface area contributed by atoms with Gasteiger partial charge in [0.15, 0.2) is 0 Å². The van der Waals surface area contributed by atoms with Crippen LogP contribution in [0.1, 0.15) is 91.2 Å². The Bertz CT molecular complexity index is 301. The largest absolute Gasteiger partial charge is 0.0683 e. The van der Waals surface area contributed by atoms with Gasteiger partial charge < -0.3 is 0 Å². The molecule has 2 unspecified atom stereocenters. The van der Waals surface area contributed by atoms with Crippen molar-refractivity contribution in [3.05, 3.63) is 35.4 Å². The first-order valence-corrected chi connectivity index (χ1v) is 9.73. The summed E-state index contributed by atoms with van der Waals surface area (Å²) in [5.74, 6) is 1.77. The van der Waals surface area contributed by atoms with E-state index in [1.54, 1.807) is 0 Å². The van der Waals surface area contributed by atoms with E-state index in [2.05, 4.69) is 52.0 Å². The van der Waals surface area contributed by atoms with Crippen molar-refractivity contribution in [3.8, 4) is 0 Å². The van der Waals surface area contributed by atoms with E-state index in [4.69, 9.17) is 0 Å². The third kappa shape index (κ3) is 10.0. The van der Waals surface area contributed by atoms with Gasteiger partial charge in [-0.15, -0.1) is 0 Å². The van der Waals surface area contributed by atoms with Crippen LogP contribution in [-0.4, -0.2) is 0 Å². The van der Waals surface area contributed by atoms with Crippen LogP contribution < -0.4 is 0 Å². The Morgan fingerprint density at radius 1 is 0.682 bits per heavy atom. The van der Waals surface area contributed by atoms with Gasteiger partial charge in [-0.3, -0.25) is 0 Å². The second-order valence-electron chi connectivity index (χ2n) is 6.63. The van der Waals surface area contributed by atoms with Gasteiger partial charge in [-0.2, -0.15) is 0 Å². The van der Waals surface area contributed by atoms with Gasteiger partial charge in [0.05, 0.1) is 0 Å². The highest BCUT2D eigenvalue weighted by Gasteiger charge is 2.01. The smallest absolute Gasteiger partial charge is 0.0279 e. The maximum atomic E-state index is 2.36. The van der Waals surface area contributed by atoms with E-state index in [9.17, 15) is 0 Å². The molecule has 0 saturated heterocycles. The quantitative estimate of drug-likeness (QED) is 0.421. The molecule has 0 nitrogen and oxygen atoms in total. The molecule has 1 aromatic carbocycles. The van der Waals surface area contributed by atoms with E-state index in [0.29, 0.717) is 0 Å². The van der Waals surface area contributed by atoms with Crippen LogP contribution in [0.25, 0.3) is 0 Å². The number of aryl methyl sites for hydroxylation is 2. The molecule has 128 valence electrons. The van der Waals surface area contributed by atoms with Crippen LogP contribution in [0.15, 0.2) is 24.3 Å². The zero-order chi connectivity index (χ0) is 16.8. The molecule has 22 heavy (non-hydrogen) atoms. The topological polar surface area (TPSA) is 0 Å². The number of hydrogen-bond acceptors (Lipinski definition) is 0. The van der Waals surface area contributed by atoms with Crippen LogP contribution in [0.2, 0.25) is 0 Å². The summed E-state index contributed by atoms with van der Waals surface area (Å²) in [7, 11) is 0. The van der Waals surface area contributed by atoms with Gasteiger partial charge in [0.2, 0.25) is 0 Å². The molecule has 2 atom stereocenters. The summed E-state index contributed by atoms with van der Waals surface area (Å²) in [6.45, 7) is 13.3. The molecule has 0 spiro atoms. The fourth-order valence-electron chi connectivity index (χ4n) is 2.59. The van der Waals surface area contributed by atoms with Gasteiger partial charge in [-0.05, 0) is 48.6 Å². The number of benzene rings is 1. The van der Waals surface area contributed by atoms with Crippen molar-refractivity contribution in [1.29, 1.82) is 0 Å². The molecule has 0 saturated carbocycles. The lowest BCUT2D eigenvalue weighted by molar-refractivity contribution is 0.494. The maximum absolute atomic E-state index is 2.36. The molecule has 0 heterocycles. The van der Waals surface area contributed by atoms with E-state index < -0.39 is 0 Å². The van der Waals surface area contributed by atoms with Crippen LogP contribution >= 0.6 is 0 Å². The first-order chi connectivity index (χ1) is 10.7. The first-order valence-electron chi connectivity index (χ1n) is 9.73. The summed E-state index contributed by atoms with van der Waals surface area (Å²) in [5.41, 5.74) is 3.03. The van der Waals surface area contributed by atoms with Gasteiger partial charge in [0.25, 0.3) is 0 Å². The molecule has 0 fully saturated rings. The molecule has 1 rings (SSSR count). The Labute approximate surface area is 140 Å². The lowest BCUT2D eigenvalue weighted by Crippen LogP contribution is -1.95. The molecule has 0 bridgehead atoms. The summed E-state index contributed by atoms with van der Waals surface area (Å²) in [6.07, 6.45) is 10.5. The number of hydrogen-bond donors (Lipinski definition) is 0. The maximum Gasteiger partial charge on any atom is -0.0279 e. The second kappa shape index (κ2) is 13.9. The molecule has 0 radical (unpaired) electrons. The van der Waals surface area contributed by atoms with Crippen molar-refractivity contribution in [2.24, 2.45) is 11.8 Å². The minimum Gasteiger partial charge on any atom is -0.0683 e. The van der Waals surface area contributed by atoms with Crippen molar-refractivity contribution >= 4 is 0 Å². The fraction of sp³-hybridized carbons (Fsp3) is 0.727. The molecule has 0 aromatic heterocycles. The Morgan fingerprint density at radius 2 is 1.00 bits per heavy atom. The molecule has 0 aliphatic carbocycles. The summed E-state index contributed by atoms with van der Waals surface area (Å²) in [6, 6.07) is 9.37. The monoisotopic (exact) mass is 304 g/mol. The van der Waals surface area contributed by atoms with Crippen LogP contribution in [-0.2, 0) is 12.8 Å². The summed E-state index contributed by atoms with van der Waals surface area (Å²) < 4.78 is 0. The van der Waals surface area contributed by atoms with Crippen LogP contribution in [0.3, 0.4) is 0 Å². The van der Waals surface area contributed by atoms with Crippen molar-refractivity contribution in [2.45, 2.75) is 92.9 Å². The zero-order valence-electron chi connectivity index (χ0n) is 16.1. The average Bonchev–Trinajstić information content (AvgIpc) is 2.57. The third-order valence-corrected chi connectivity index (χ3v) is 4.74. The van der Waals surface area contributed by atoms with Crippen LogP contribution in [0.4, 0.5) is 0 Å². The molecule has 0 heteroatoms. The molecule has 0 N–H and O–H groups in total. The second-order valence-corrected chi connectivity index (χ2v) is 6.63. The average molecular weight is 305 g/mol. The van der Waals surface area contributed by atoms with Gasteiger partial charge in [0.1, 0.15) is 0 Å². The first kappa shape index (κ1) is 21.2. The van der Waals surface area contributed by atoms with Crippen molar-refractivity contribution < 1.29 is 0 Å². The normalized spacial score (nSPS) is 13.2. The Kier molecular flexibility index (Phi) is 13.4. The van der Waals surface area contributed by atoms with Crippen molar-refractivity contribution in [2.75, 3.05) is 0 Å². The minimum absolute atomic E-state index is 0.884. The third-order valence-electron chi connectivity index (χ3n) is 4.74. The van der Waals surface area contributed by atoms with Crippen LogP contribution in [0.5, 0.6) is 0 Å². The summed E-state index contributed by atoms with van der Waals surface area (Å²) in [5, 5.41) is 0. The molecule has 0 amide bonds. The van der Waals surface area contributed by atoms with Gasteiger partial charge >= 0.3 is 0 Å². The van der Waals surface area contributed by atoms with Gasteiger partial charge in [0, 0.05) is 0 Å². The molecule has 0 aliphatic rings. The molecule has 1 aromatic rings. The van der Waals surface area contributed by atoms with Crippen molar-refractivity contribution in [3.63, 3.8) is 0 Å². The van der Waals surface area contributed by atoms with E-state index in [0.717, 1.165) is 11.8 Å². The zero-order valence-corrected chi connectivity index (χ0v) is 16.1.